The van der Waals surface area contributed by atoms with Gasteiger partial charge in [-0.15, -0.1) is 0 Å². The summed E-state index contributed by atoms with van der Waals surface area (Å²) in [6.45, 7) is 6.87. The molecule has 1 aromatic carbocycles. The first-order valence-corrected chi connectivity index (χ1v) is 11.4. The molecule has 1 rings (SSSR count). The van der Waals surface area contributed by atoms with Crippen molar-refractivity contribution >= 4 is 24.5 Å². The lowest BCUT2D eigenvalue weighted by Gasteiger charge is -2.34. The first-order chi connectivity index (χ1) is 12.8. The van der Waals surface area contributed by atoms with Gasteiger partial charge in [-0.25, -0.2) is 0 Å². The van der Waals surface area contributed by atoms with Crippen molar-refractivity contribution in [1.82, 2.24) is 0 Å². The van der Waals surface area contributed by atoms with Crippen LogP contribution in [-0.2, 0) is 33.1 Å². The van der Waals surface area contributed by atoms with Gasteiger partial charge in [0.25, 0.3) is 10.1 Å². The van der Waals surface area contributed by atoms with Gasteiger partial charge in [0.15, 0.2) is 5.34 Å². The van der Waals surface area contributed by atoms with E-state index in [1.54, 1.807) is 26.0 Å². The molecule has 7 nitrogen and oxygen atoms in total. The lowest BCUT2D eigenvalue weighted by atomic mass is 9.96. The second-order valence-electron chi connectivity index (χ2n) is 6.13. The van der Waals surface area contributed by atoms with Crippen molar-refractivity contribution < 1.29 is 31.4 Å². The van der Waals surface area contributed by atoms with Crippen LogP contribution >= 0.6 is 8.46 Å². The zero-order valence-electron chi connectivity index (χ0n) is 16.3. The summed E-state index contributed by atoms with van der Waals surface area (Å²) in [5.74, 6) is -1.43. The van der Waals surface area contributed by atoms with E-state index < -0.39 is 42.4 Å². The fourth-order valence-corrected chi connectivity index (χ4v) is 4.62. The van der Waals surface area contributed by atoms with Gasteiger partial charge in [-0.05, 0) is 39.3 Å². The smallest absolute Gasteiger partial charge is 0.312 e. The van der Waals surface area contributed by atoms with Gasteiger partial charge in [0.05, 0.1) is 25.9 Å². The number of hydrogen-bond acceptors (Lipinski definition) is 7. The van der Waals surface area contributed by atoms with Crippen molar-refractivity contribution in [2.45, 2.75) is 50.8 Å². The maximum atomic E-state index is 12.5. The topological polar surface area (TPSA) is 96.0 Å². The third-order valence-electron chi connectivity index (χ3n) is 4.10. The molecule has 0 spiro atoms. The van der Waals surface area contributed by atoms with Crippen molar-refractivity contribution in [3.8, 4) is 0 Å². The first kappa shape index (κ1) is 23.8. The van der Waals surface area contributed by atoms with Gasteiger partial charge in [-0.1, -0.05) is 31.0 Å². The molecule has 3 unspecified atom stereocenters. The van der Waals surface area contributed by atoms with E-state index in [2.05, 4.69) is 0 Å². The van der Waals surface area contributed by atoms with Crippen molar-refractivity contribution in [1.29, 1.82) is 0 Å². The Morgan fingerprint density at radius 2 is 1.78 bits per heavy atom. The van der Waals surface area contributed by atoms with Crippen LogP contribution < -0.4 is 0 Å². The Kier molecular flexibility index (Phi) is 9.67. The van der Waals surface area contributed by atoms with E-state index in [0.29, 0.717) is 12.8 Å². The molecule has 0 amide bonds. The monoisotopic (exact) mass is 420 g/mol. The van der Waals surface area contributed by atoms with E-state index in [1.807, 2.05) is 13.8 Å². The maximum absolute atomic E-state index is 12.5. The molecule has 0 bridgehead atoms. The fraction of sp³-hybridized carbons (Fsp3) is 0.611. The highest BCUT2D eigenvalue weighted by Crippen LogP contribution is 2.38. The molecule has 0 N–H and O–H groups in total. The molecule has 0 saturated heterocycles. The zero-order chi connectivity index (χ0) is 20.5. The number of ether oxygens (including phenoxy) is 2. The number of rotatable bonds is 12. The van der Waals surface area contributed by atoms with Crippen LogP contribution in [0, 0.1) is 12.8 Å². The van der Waals surface area contributed by atoms with Gasteiger partial charge in [-0.3, -0.25) is 8.98 Å². The Morgan fingerprint density at radius 3 is 2.26 bits per heavy atom. The summed E-state index contributed by atoms with van der Waals surface area (Å²) >= 11 is 0. The van der Waals surface area contributed by atoms with Crippen LogP contribution in [0.15, 0.2) is 29.2 Å². The Hall–Kier alpha value is -1.21. The molecule has 27 heavy (non-hydrogen) atoms. The van der Waals surface area contributed by atoms with E-state index in [4.69, 9.17) is 13.7 Å². The van der Waals surface area contributed by atoms with Gasteiger partial charge in [0.2, 0.25) is 0 Å². The van der Waals surface area contributed by atoms with Crippen LogP contribution in [0.5, 0.6) is 0 Å². The molecule has 0 aliphatic carbocycles. The van der Waals surface area contributed by atoms with E-state index in [0.717, 1.165) is 5.56 Å². The molecule has 1 aromatic rings. The Bertz CT molecular complexity index is 718. The number of aryl methyl sites for hydroxylation is 1. The second kappa shape index (κ2) is 11.0. The van der Waals surface area contributed by atoms with Crippen molar-refractivity contribution in [3.63, 3.8) is 0 Å². The first-order valence-electron chi connectivity index (χ1n) is 8.99. The van der Waals surface area contributed by atoms with Gasteiger partial charge >= 0.3 is 5.97 Å². The molecule has 0 aliphatic heterocycles. The van der Waals surface area contributed by atoms with Crippen LogP contribution in [0.1, 0.15) is 39.2 Å². The third-order valence-corrected chi connectivity index (χ3v) is 6.51. The van der Waals surface area contributed by atoms with Gasteiger partial charge < -0.3 is 14.0 Å². The Morgan fingerprint density at radius 1 is 1.15 bits per heavy atom. The maximum Gasteiger partial charge on any atom is 0.312 e. The number of esters is 1. The molecule has 0 aliphatic rings. The van der Waals surface area contributed by atoms with E-state index in [9.17, 15) is 17.8 Å². The number of carbonyl (C=O) groups is 1. The minimum atomic E-state index is -4.08. The minimum Gasteiger partial charge on any atom is -0.466 e. The molecule has 154 valence electrons. The number of benzene rings is 1. The average molecular weight is 420 g/mol. The molecule has 0 aromatic heterocycles. The van der Waals surface area contributed by atoms with E-state index >= 15 is 0 Å². The summed E-state index contributed by atoms with van der Waals surface area (Å²) in [5, 5.41) is -1.53. The summed E-state index contributed by atoms with van der Waals surface area (Å²) in [5.41, 5.74) is 0.909. The highest BCUT2D eigenvalue weighted by Gasteiger charge is 2.45. The summed E-state index contributed by atoms with van der Waals surface area (Å²) in [6.07, 6.45) is 0.963. The molecular formula is C18H29O7PS. The quantitative estimate of drug-likeness (QED) is 0.291. The van der Waals surface area contributed by atoms with E-state index in [1.165, 1.54) is 12.1 Å². The molecule has 0 fully saturated rings. The predicted octanol–water partition coefficient (Wildman–Crippen LogP) is 3.17. The normalized spacial score (nSPS) is 15.6. The fourth-order valence-electron chi connectivity index (χ4n) is 2.70. The number of hydrogen-bond donors (Lipinski definition) is 0. The van der Waals surface area contributed by atoms with Gasteiger partial charge in [0, 0.05) is 6.61 Å². The van der Waals surface area contributed by atoms with Crippen molar-refractivity contribution in [2.75, 3.05) is 19.8 Å². The molecule has 0 saturated carbocycles. The zero-order valence-corrected chi connectivity index (χ0v) is 18.2. The highest BCUT2D eigenvalue weighted by atomic mass is 32.2. The summed E-state index contributed by atoms with van der Waals surface area (Å²) < 4.78 is 53.1. The summed E-state index contributed by atoms with van der Waals surface area (Å²) in [7, 11) is -5.75. The van der Waals surface area contributed by atoms with Crippen LogP contribution in [-0.4, -0.2) is 39.5 Å². The lowest BCUT2D eigenvalue weighted by Crippen LogP contribution is -2.45. The van der Waals surface area contributed by atoms with Crippen molar-refractivity contribution in [2.24, 2.45) is 5.92 Å². The lowest BCUT2D eigenvalue weighted by molar-refractivity contribution is -0.158. The van der Waals surface area contributed by atoms with Crippen LogP contribution in [0.25, 0.3) is 0 Å². The standard InChI is InChI=1S/C18H29O7PS/c1-5-8-16(17(19)23-6-2)18(26-20,24-7-3)13-25-27(21,22)15-11-9-14(4)10-12-15/h9-12,16H,5-8,13,26H2,1-4H3. The largest absolute Gasteiger partial charge is 0.466 e. The predicted molar refractivity (Wildman–Crippen MR) is 104 cm³/mol. The van der Waals surface area contributed by atoms with Crippen LogP contribution in [0.4, 0.5) is 0 Å². The Labute approximate surface area is 162 Å². The average Bonchev–Trinajstić information content (AvgIpc) is 2.64. The van der Waals surface area contributed by atoms with Crippen molar-refractivity contribution in [3.05, 3.63) is 29.8 Å². The van der Waals surface area contributed by atoms with Gasteiger partial charge in [0.1, 0.15) is 6.61 Å². The van der Waals surface area contributed by atoms with Gasteiger partial charge in [-0.2, -0.15) is 8.42 Å². The van der Waals surface area contributed by atoms with Crippen LogP contribution in [0.2, 0.25) is 0 Å². The van der Waals surface area contributed by atoms with Crippen LogP contribution in [0.3, 0.4) is 0 Å². The summed E-state index contributed by atoms with van der Waals surface area (Å²) in [4.78, 5) is 12.4. The minimum absolute atomic E-state index is 0.0115. The number of carbonyl (C=O) groups excluding carboxylic acids is 1. The molecule has 0 heterocycles. The molecule has 9 heteroatoms. The molecule has 3 atom stereocenters. The third kappa shape index (κ3) is 6.42. The highest BCUT2D eigenvalue weighted by molar-refractivity contribution is 7.86. The molecular weight excluding hydrogens is 391 g/mol. The molecule has 0 radical (unpaired) electrons. The summed E-state index contributed by atoms with van der Waals surface area (Å²) in [6, 6.07) is 6.19. The van der Waals surface area contributed by atoms with E-state index in [-0.39, 0.29) is 18.1 Å². The SMILES string of the molecule is CCCC(C(=O)OCC)C(COS(=O)(=O)c1ccc(C)cc1)(OCC)[PH2]=O. The second-order valence-corrected chi connectivity index (χ2v) is 8.96. The Balaban J connectivity index is 3.15.